The molecule has 1 aromatic rings. The van der Waals surface area contributed by atoms with Crippen molar-refractivity contribution in [1.82, 2.24) is 10.2 Å². The second-order valence-electron chi connectivity index (χ2n) is 6.55. The Hall–Kier alpha value is -1.42. The highest BCUT2D eigenvalue weighted by Gasteiger charge is 2.58. The van der Waals surface area contributed by atoms with Crippen LogP contribution in [-0.4, -0.2) is 30.9 Å². The molecule has 1 amide bonds. The van der Waals surface area contributed by atoms with Crippen LogP contribution in [0, 0.1) is 17.2 Å². The lowest BCUT2D eigenvalue weighted by Crippen LogP contribution is -2.35. The third kappa shape index (κ3) is 2.69. The van der Waals surface area contributed by atoms with E-state index in [9.17, 15) is 9.18 Å². The lowest BCUT2D eigenvalue weighted by molar-refractivity contribution is -0.134. The van der Waals surface area contributed by atoms with Crippen LogP contribution in [0.5, 0.6) is 0 Å². The average molecular weight is 290 g/mol. The van der Waals surface area contributed by atoms with Gasteiger partial charge in [0.15, 0.2) is 0 Å². The zero-order valence-electron chi connectivity index (χ0n) is 12.7. The highest BCUT2D eigenvalue weighted by molar-refractivity contribution is 5.83. The average Bonchev–Trinajstić information content (AvgIpc) is 3.19. The molecule has 1 N–H and O–H groups in total. The molecule has 1 aliphatic carbocycles. The van der Waals surface area contributed by atoms with Crippen LogP contribution in [0.2, 0.25) is 0 Å². The van der Waals surface area contributed by atoms with Crippen molar-refractivity contribution in [1.29, 1.82) is 0 Å². The minimum Gasteiger partial charge on any atom is -0.339 e. The third-order valence-corrected chi connectivity index (χ3v) is 5.37. The first kappa shape index (κ1) is 14.5. The number of hydrogen-bond donors (Lipinski definition) is 1. The van der Waals surface area contributed by atoms with Gasteiger partial charge in [0.25, 0.3) is 0 Å². The summed E-state index contributed by atoms with van der Waals surface area (Å²) in [6.45, 7) is 4.06. The molecule has 2 fully saturated rings. The molecule has 4 heteroatoms. The van der Waals surface area contributed by atoms with Gasteiger partial charge in [-0.05, 0) is 62.4 Å². The molecule has 1 saturated heterocycles. The summed E-state index contributed by atoms with van der Waals surface area (Å²) in [7, 11) is 1.86. The summed E-state index contributed by atoms with van der Waals surface area (Å²) in [4.78, 5) is 14.5. The van der Waals surface area contributed by atoms with Crippen LogP contribution < -0.4 is 5.32 Å². The molecular formula is C17H23FN2O. The Morgan fingerprint density at radius 2 is 1.95 bits per heavy atom. The number of nitrogens with one attached hydrogen (secondary N) is 1. The van der Waals surface area contributed by atoms with Crippen molar-refractivity contribution in [3.05, 3.63) is 35.6 Å². The van der Waals surface area contributed by atoms with Crippen LogP contribution >= 0.6 is 0 Å². The predicted molar refractivity (Wildman–Crippen MR) is 80.2 cm³/mol. The Bertz CT molecular complexity index is 522. The minimum absolute atomic E-state index is 0.0162. The molecule has 0 radical (unpaired) electrons. The zero-order chi connectivity index (χ0) is 15.0. The molecule has 21 heavy (non-hydrogen) atoms. The van der Waals surface area contributed by atoms with E-state index in [4.69, 9.17) is 0 Å². The van der Waals surface area contributed by atoms with Gasteiger partial charge in [-0.25, -0.2) is 4.39 Å². The highest BCUT2D eigenvalue weighted by atomic mass is 19.1. The normalized spacial score (nSPS) is 24.6. The van der Waals surface area contributed by atoms with Crippen LogP contribution in [0.3, 0.4) is 0 Å². The second-order valence-corrected chi connectivity index (χ2v) is 6.55. The van der Waals surface area contributed by atoms with Crippen molar-refractivity contribution in [3.8, 4) is 0 Å². The largest absolute Gasteiger partial charge is 0.339 e. The van der Waals surface area contributed by atoms with Gasteiger partial charge in [0.05, 0.1) is 6.04 Å². The maximum Gasteiger partial charge on any atom is 0.226 e. The summed E-state index contributed by atoms with van der Waals surface area (Å²) < 4.78 is 13.0. The molecule has 1 aliphatic heterocycles. The van der Waals surface area contributed by atoms with Gasteiger partial charge in [-0.15, -0.1) is 0 Å². The SMILES string of the molecule is CC(c1ccc(F)cc1)N(C)C(=O)C1CC12CCNCC2. The van der Waals surface area contributed by atoms with E-state index in [2.05, 4.69) is 5.32 Å². The molecule has 1 spiro atoms. The fourth-order valence-corrected chi connectivity index (χ4v) is 3.58. The van der Waals surface area contributed by atoms with E-state index in [1.165, 1.54) is 12.1 Å². The monoisotopic (exact) mass is 290 g/mol. The molecule has 2 unspecified atom stereocenters. The Kier molecular flexibility index (Phi) is 3.74. The number of hydrogen-bond acceptors (Lipinski definition) is 2. The molecule has 1 saturated carbocycles. The molecule has 0 bridgehead atoms. The van der Waals surface area contributed by atoms with Crippen LogP contribution in [0.25, 0.3) is 0 Å². The maximum atomic E-state index is 13.0. The predicted octanol–water partition coefficient (Wildman–Crippen LogP) is 2.73. The van der Waals surface area contributed by atoms with Gasteiger partial charge in [-0.3, -0.25) is 4.79 Å². The van der Waals surface area contributed by atoms with E-state index >= 15 is 0 Å². The Labute approximate surface area is 125 Å². The van der Waals surface area contributed by atoms with Crippen LogP contribution in [-0.2, 0) is 4.79 Å². The first-order valence-corrected chi connectivity index (χ1v) is 7.76. The second kappa shape index (κ2) is 5.41. The van der Waals surface area contributed by atoms with Gasteiger partial charge < -0.3 is 10.2 Å². The number of piperidine rings is 1. The van der Waals surface area contributed by atoms with Crippen LogP contribution in [0.4, 0.5) is 4.39 Å². The molecule has 2 atom stereocenters. The van der Waals surface area contributed by atoms with Crippen LogP contribution in [0.15, 0.2) is 24.3 Å². The summed E-state index contributed by atoms with van der Waals surface area (Å²) in [5, 5.41) is 3.36. The topological polar surface area (TPSA) is 32.3 Å². The van der Waals surface area contributed by atoms with Crippen molar-refractivity contribution in [2.75, 3.05) is 20.1 Å². The summed E-state index contributed by atoms with van der Waals surface area (Å²) >= 11 is 0. The standard InChI is InChI=1S/C17H23FN2O/c1-12(13-3-5-14(18)6-4-13)20(2)16(21)15-11-17(15)7-9-19-10-8-17/h3-6,12,15,19H,7-11H2,1-2H3. The van der Waals surface area contributed by atoms with Gasteiger partial charge >= 0.3 is 0 Å². The van der Waals surface area contributed by atoms with E-state index in [0.717, 1.165) is 37.9 Å². The number of carbonyl (C=O) groups is 1. The van der Waals surface area contributed by atoms with Gasteiger partial charge in [0.2, 0.25) is 5.91 Å². The number of amides is 1. The quantitative estimate of drug-likeness (QED) is 0.928. The molecular weight excluding hydrogens is 267 g/mol. The number of halogens is 1. The molecule has 2 aliphatic rings. The summed E-state index contributed by atoms with van der Waals surface area (Å²) in [5.74, 6) is 0.192. The number of rotatable bonds is 3. The lowest BCUT2D eigenvalue weighted by atomic mass is 9.91. The maximum absolute atomic E-state index is 13.0. The molecule has 0 aromatic heterocycles. The number of nitrogens with zero attached hydrogens (tertiary/aromatic N) is 1. The Balaban J connectivity index is 1.66. The summed E-state index contributed by atoms with van der Waals surface area (Å²) in [6.07, 6.45) is 3.26. The van der Waals surface area contributed by atoms with Gasteiger partial charge in [-0.2, -0.15) is 0 Å². The van der Waals surface area contributed by atoms with Crippen molar-refractivity contribution in [2.24, 2.45) is 11.3 Å². The molecule has 3 rings (SSSR count). The van der Waals surface area contributed by atoms with E-state index in [1.54, 1.807) is 12.1 Å². The number of benzene rings is 1. The van der Waals surface area contributed by atoms with E-state index in [-0.39, 0.29) is 29.1 Å². The Morgan fingerprint density at radius 1 is 1.33 bits per heavy atom. The molecule has 114 valence electrons. The first-order chi connectivity index (χ1) is 10.0. The summed E-state index contributed by atoms with van der Waals surface area (Å²) in [6, 6.07) is 6.41. The highest BCUT2D eigenvalue weighted by Crippen LogP contribution is 2.59. The first-order valence-electron chi connectivity index (χ1n) is 7.76. The van der Waals surface area contributed by atoms with Crippen molar-refractivity contribution in [3.63, 3.8) is 0 Å². The summed E-state index contributed by atoms with van der Waals surface area (Å²) in [5.41, 5.74) is 1.24. The molecule has 1 aromatic carbocycles. The van der Waals surface area contributed by atoms with Crippen molar-refractivity contribution >= 4 is 5.91 Å². The molecule has 1 heterocycles. The van der Waals surface area contributed by atoms with Gasteiger partial charge in [0.1, 0.15) is 5.82 Å². The fraction of sp³-hybridized carbons (Fsp3) is 0.588. The van der Waals surface area contributed by atoms with E-state index < -0.39 is 0 Å². The zero-order valence-corrected chi connectivity index (χ0v) is 12.7. The van der Waals surface area contributed by atoms with E-state index in [1.807, 2.05) is 18.9 Å². The smallest absolute Gasteiger partial charge is 0.226 e. The van der Waals surface area contributed by atoms with Crippen molar-refractivity contribution in [2.45, 2.75) is 32.2 Å². The molecule has 3 nitrogen and oxygen atoms in total. The van der Waals surface area contributed by atoms with Crippen LogP contribution in [0.1, 0.15) is 37.8 Å². The van der Waals surface area contributed by atoms with E-state index in [0.29, 0.717) is 0 Å². The Morgan fingerprint density at radius 3 is 2.57 bits per heavy atom. The van der Waals surface area contributed by atoms with Crippen molar-refractivity contribution < 1.29 is 9.18 Å². The fourth-order valence-electron chi connectivity index (χ4n) is 3.58. The number of carbonyl (C=O) groups excluding carboxylic acids is 1. The third-order valence-electron chi connectivity index (χ3n) is 5.37. The minimum atomic E-state index is -0.240. The van der Waals surface area contributed by atoms with Gasteiger partial charge in [0, 0.05) is 13.0 Å². The van der Waals surface area contributed by atoms with Gasteiger partial charge in [-0.1, -0.05) is 12.1 Å². The lowest BCUT2D eigenvalue weighted by Gasteiger charge is -2.28.